The molecule has 2 heterocycles. The summed E-state index contributed by atoms with van der Waals surface area (Å²) in [6.45, 7) is 6.68. The maximum Gasteiger partial charge on any atom is 0.180 e. The number of hydrogen-bond donors (Lipinski definition) is 1. The Kier molecular flexibility index (Phi) is 4.41. The SMILES string of the molecule is CC1(C)COC(c2ccccc2Cl)CN1Cc1cnc(N)s1. The van der Waals surface area contributed by atoms with Crippen molar-refractivity contribution in [1.82, 2.24) is 9.88 Å². The molecular weight excluding hydrogens is 318 g/mol. The second kappa shape index (κ2) is 6.16. The summed E-state index contributed by atoms with van der Waals surface area (Å²) < 4.78 is 6.07. The maximum atomic E-state index is 6.32. The molecule has 0 radical (unpaired) electrons. The van der Waals surface area contributed by atoms with Crippen molar-refractivity contribution in [3.63, 3.8) is 0 Å². The summed E-state index contributed by atoms with van der Waals surface area (Å²) in [7, 11) is 0. The summed E-state index contributed by atoms with van der Waals surface area (Å²) in [5.41, 5.74) is 6.75. The summed E-state index contributed by atoms with van der Waals surface area (Å²) in [5.74, 6) is 0. The van der Waals surface area contributed by atoms with Crippen LogP contribution in [0.4, 0.5) is 5.13 Å². The molecule has 1 fully saturated rings. The van der Waals surface area contributed by atoms with Crippen molar-refractivity contribution >= 4 is 28.1 Å². The zero-order valence-corrected chi connectivity index (χ0v) is 14.3. The normalized spacial score (nSPS) is 21.9. The molecule has 1 aromatic heterocycles. The van der Waals surface area contributed by atoms with Crippen LogP contribution in [0.5, 0.6) is 0 Å². The number of morpholine rings is 1. The van der Waals surface area contributed by atoms with E-state index >= 15 is 0 Å². The van der Waals surface area contributed by atoms with Gasteiger partial charge in [0, 0.05) is 40.3 Å². The van der Waals surface area contributed by atoms with Gasteiger partial charge in [0.25, 0.3) is 0 Å². The number of ether oxygens (including phenoxy) is 1. The first-order valence-electron chi connectivity index (χ1n) is 7.27. The fourth-order valence-electron chi connectivity index (χ4n) is 2.68. The number of nitrogens with zero attached hydrogens (tertiary/aromatic N) is 2. The first-order chi connectivity index (χ1) is 10.5. The molecule has 0 amide bonds. The van der Waals surface area contributed by atoms with Crippen molar-refractivity contribution in [2.75, 3.05) is 18.9 Å². The number of benzene rings is 1. The van der Waals surface area contributed by atoms with Gasteiger partial charge in [0.05, 0.1) is 12.7 Å². The number of thiazole rings is 1. The molecule has 2 N–H and O–H groups in total. The average Bonchev–Trinajstić information content (AvgIpc) is 2.87. The standard InChI is InChI=1S/C16H20ClN3OS/c1-16(2)10-21-14(12-5-3-4-6-13(12)17)9-20(16)8-11-7-19-15(18)22-11/h3-7,14H,8-10H2,1-2H3,(H2,18,19). The zero-order chi connectivity index (χ0) is 15.7. The lowest BCUT2D eigenvalue weighted by molar-refractivity contribution is -0.104. The van der Waals surface area contributed by atoms with Crippen LogP contribution in [0.2, 0.25) is 5.02 Å². The minimum Gasteiger partial charge on any atom is -0.375 e. The van der Waals surface area contributed by atoms with Crippen molar-refractivity contribution in [1.29, 1.82) is 0 Å². The molecule has 1 aliphatic heterocycles. The summed E-state index contributed by atoms with van der Waals surface area (Å²) in [6.07, 6.45) is 1.85. The molecule has 1 aliphatic rings. The fourth-order valence-corrected chi connectivity index (χ4v) is 3.64. The minimum atomic E-state index is -0.0312. The highest BCUT2D eigenvalue weighted by atomic mass is 35.5. The van der Waals surface area contributed by atoms with Gasteiger partial charge >= 0.3 is 0 Å². The van der Waals surface area contributed by atoms with Crippen molar-refractivity contribution in [2.45, 2.75) is 32.0 Å². The predicted molar refractivity (Wildman–Crippen MR) is 91.2 cm³/mol. The lowest BCUT2D eigenvalue weighted by Crippen LogP contribution is -2.53. The Bertz CT molecular complexity index is 658. The second-order valence-corrected chi connectivity index (χ2v) is 7.73. The van der Waals surface area contributed by atoms with Gasteiger partial charge in [-0.3, -0.25) is 4.90 Å². The Hall–Kier alpha value is -1.14. The number of nitrogen functional groups attached to an aromatic ring is 1. The van der Waals surface area contributed by atoms with E-state index in [0.717, 1.165) is 23.7 Å². The van der Waals surface area contributed by atoms with Crippen molar-refractivity contribution in [3.05, 3.63) is 45.9 Å². The number of rotatable bonds is 3. The quantitative estimate of drug-likeness (QED) is 0.927. The van der Waals surface area contributed by atoms with Crippen LogP contribution in [0.3, 0.4) is 0 Å². The lowest BCUT2D eigenvalue weighted by Gasteiger charge is -2.45. The van der Waals surface area contributed by atoms with E-state index in [9.17, 15) is 0 Å². The lowest BCUT2D eigenvalue weighted by atomic mass is 9.98. The third-order valence-electron chi connectivity index (χ3n) is 4.05. The van der Waals surface area contributed by atoms with Gasteiger partial charge in [-0.2, -0.15) is 0 Å². The Labute approximate surface area is 139 Å². The monoisotopic (exact) mass is 337 g/mol. The van der Waals surface area contributed by atoms with E-state index in [1.54, 1.807) is 11.3 Å². The van der Waals surface area contributed by atoms with Crippen LogP contribution in [-0.4, -0.2) is 28.6 Å². The number of halogens is 1. The van der Waals surface area contributed by atoms with Gasteiger partial charge in [0.1, 0.15) is 0 Å². The number of hydrogen-bond acceptors (Lipinski definition) is 5. The Morgan fingerprint density at radius 3 is 2.91 bits per heavy atom. The first-order valence-corrected chi connectivity index (χ1v) is 8.46. The maximum absolute atomic E-state index is 6.32. The molecule has 1 atom stereocenters. The Morgan fingerprint density at radius 1 is 1.45 bits per heavy atom. The van der Waals surface area contributed by atoms with E-state index in [2.05, 4.69) is 23.7 Å². The largest absolute Gasteiger partial charge is 0.375 e. The van der Waals surface area contributed by atoms with Gasteiger partial charge in [-0.1, -0.05) is 29.8 Å². The van der Waals surface area contributed by atoms with Gasteiger partial charge in [0.2, 0.25) is 0 Å². The molecule has 0 spiro atoms. The molecule has 1 saturated heterocycles. The second-order valence-electron chi connectivity index (χ2n) is 6.18. The van der Waals surface area contributed by atoms with Gasteiger partial charge in [0.15, 0.2) is 5.13 Å². The first kappa shape index (κ1) is 15.7. The van der Waals surface area contributed by atoms with Gasteiger partial charge in [-0.05, 0) is 19.9 Å². The molecule has 1 aromatic carbocycles. The van der Waals surface area contributed by atoms with Crippen LogP contribution in [0.25, 0.3) is 0 Å². The van der Waals surface area contributed by atoms with Crippen molar-refractivity contribution < 1.29 is 4.74 Å². The fraction of sp³-hybridized carbons (Fsp3) is 0.438. The molecule has 0 aliphatic carbocycles. The van der Waals surface area contributed by atoms with E-state index in [0.29, 0.717) is 11.7 Å². The van der Waals surface area contributed by atoms with E-state index in [4.69, 9.17) is 22.1 Å². The van der Waals surface area contributed by atoms with Crippen LogP contribution < -0.4 is 5.73 Å². The average molecular weight is 338 g/mol. The zero-order valence-electron chi connectivity index (χ0n) is 12.8. The molecule has 2 aromatic rings. The van der Waals surface area contributed by atoms with Crippen LogP contribution in [0.15, 0.2) is 30.5 Å². The molecule has 0 bridgehead atoms. The number of aromatic nitrogens is 1. The van der Waals surface area contributed by atoms with Crippen LogP contribution in [-0.2, 0) is 11.3 Å². The third-order valence-corrected chi connectivity index (χ3v) is 5.21. The number of nitrogens with two attached hydrogens (primary N) is 1. The summed E-state index contributed by atoms with van der Waals surface area (Å²) in [4.78, 5) is 7.72. The topological polar surface area (TPSA) is 51.4 Å². The van der Waals surface area contributed by atoms with E-state index in [-0.39, 0.29) is 11.6 Å². The predicted octanol–water partition coefficient (Wildman–Crippen LogP) is 3.73. The molecule has 6 heteroatoms. The molecule has 3 rings (SSSR count). The van der Waals surface area contributed by atoms with E-state index in [1.165, 1.54) is 4.88 Å². The Balaban J connectivity index is 1.80. The van der Waals surface area contributed by atoms with Crippen LogP contribution >= 0.6 is 22.9 Å². The molecule has 118 valence electrons. The van der Waals surface area contributed by atoms with Crippen LogP contribution in [0.1, 0.15) is 30.4 Å². The number of anilines is 1. The highest BCUT2D eigenvalue weighted by molar-refractivity contribution is 7.15. The third kappa shape index (κ3) is 3.27. The van der Waals surface area contributed by atoms with Crippen LogP contribution in [0, 0.1) is 0 Å². The van der Waals surface area contributed by atoms with Gasteiger partial charge in [-0.15, -0.1) is 11.3 Å². The van der Waals surface area contributed by atoms with Crippen molar-refractivity contribution in [2.24, 2.45) is 0 Å². The van der Waals surface area contributed by atoms with Gasteiger partial charge in [-0.25, -0.2) is 4.98 Å². The molecular formula is C16H20ClN3OS. The summed E-state index contributed by atoms with van der Waals surface area (Å²) in [5, 5.41) is 1.37. The summed E-state index contributed by atoms with van der Waals surface area (Å²) >= 11 is 7.86. The minimum absolute atomic E-state index is 0.00741. The molecule has 4 nitrogen and oxygen atoms in total. The van der Waals surface area contributed by atoms with Crippen molar-refractivity contribution in [3.8, 4) is 0 Å². The molecule has 0 saturated carbocycles. The van der Waals surface area contributed by atoms with Gasteiger partial charge < -0.3 is 10.5 Å². The highest BCUT2D eigenvalue weighted by Crippen LogP contribution is 2.34. The molecule has 22 heavy (non-hydrogen) atoms. The Morgan fingerprint density at radius 2 is 2.23 bits per heavy atom. The highest BCUT2D eigenvalue weighted by Gasteiger charge is 2.36. The molecule has 1 unspecified atom stereocenters. The van der Waals surface area contributed by atoms with E-state index in [1.807, 2.05) is 30.5 Å². The van der Waals surface area contributed by atoms with E-state index < -0.39 is 0 Å². The summed E-state index contributed by atoms with van der Waals surface area (Å²) in [6, 6.07) is 7.89. The smallest absolute Gasteiger partial charge is 0.180 e.